The van der Waals surface area contributed by atoms with Gasteiger partial charge in [0.2, 0.25) is 11.8 Å². The minimum atomic E-state index is -0.367. The molecular weight excluding hydrogens is 394 g/mol. The largest absolute Gasteiger partial charge is 0.350 e. The maximum absolute atomic E-state index is 12.9. The van der Waals surface area contributed by atoms with Gasteiger partial charge in [0.1, 0.15) is 0 Å². The lowest BCUT2D eigenvalue weighted by Crippen LogP contribution is -2.47. The molecule has 0 saturated carbocycles. The lowest BCUT2D eigenvalue weighted by molar-refractivity contribution is -0.136. The lowest BCUT2D eigenvalue weighted by Gasteiger charge is -2.28. The fourth-order valence-electron chi connectivity index (χ4n) is 3.84. The number of hydrogen-bond donors (Lipinski definition) is 1. The van der Waals surface area contributed by atoms with Gasteiger partial charge in [-0.25, -0.2) is 0 Å². The van der Waals surface area contributed by atoms with Crippen LogP contribution >= 0.6 is 0 Å². The number of likely N-dealkylation sites (N-methyl/N-ethyl adjacent to an activating group) is 1. The van der Waals surface area contributed by atoms with E-state index in [-0.39, 0.29) is 48.7 Å². The summed E-state index contributed by atoms with van der Waals surface area (Å²) in [5.41, 5.74) is 0.648. The summed E-state index contributed by atoms with van der Waals surface area (Å²) in [6, 6.07) is 10.8. The molecule has 0 bridgehead atoms. The van der Waals surface area contributed by atoms with Crippen molar-refractivity contribution in [1.82, 2.24) is 15.1 Å². The van der Waals surface area contributed by atoms with Crippen molar-refractivity contribution >= 4 is 34.4 Å². The standard InChI is InChI=1S/C24H29N3O4/c1-5-26(15-19(28)25-24(2,3)4)20(29)13-8-14-27-22(30)17-11-6-9-16-10-7-12-18(21(16)17)23(27)31/h6-7,9-12H,5,8,13-15H2,1-4H3,(H,25,28). The average molecular weight is 424 g/mol. The molecule has 4 amide bonds. The van der Waals surface area contributed by atoms with Gasteiger partial charge in [0.05, 0.1) is 6.54 Å². The zero-order valence-electron chi connectivity index (χ0n) is 18.5. The Kier molecular flexibility index (Phi) is 6.43. The zero-order chi connectivity index (χ0) is 22.8. The van der Waals surface area contributed by atoms with E-state index in [1.807, 2.05) is 39.8 Å². The predicted molar refractivity (Wildman–Crippen MR) is 119 cm³/mol. The van der Waals surface area contributed by atoms with E-state index in [0.29, 0.717) is 29.5 Å². The number of carbonyl (C=O) groups is 4. The van der Waals surface area contributed by atoms with Crippen molar-refractivity contribution in [2.75, 3.05) is 19.6 Å². The number of amides is 4. The summed E-state index contributed by atoms with van der Waals surface area (Å²) >= 11 is 0. The third-order valence-electron chi connectivity index (χ3n) is 5.21. The summed E-state index contributed by atoms with van der Waals surface area (Å²) < 4.78 is 0. The number of benzene rings is 2. The van der Waals surface area contributed by atoms with Crippen molar-refractivity contribution in [2.24, 2.45) is 0 Å². The van der Waals surface area contributed by atoms with Crippen molar-refractivity contribution in [1.29, 1.82) is 0 Å². The highest BCUT2D eigenvalue weighted by Crippen LogP contribution is 2.30. The van der Waals surface area contributed by atoms with Crippen LogP contribution in [0.3, 0.4) is 0 Å². The van der Waals surface area contributed by atoms with Crippen molar-refractivity contribution in [2.45, 2.75) is 46.1 Å². The van der Waals surface area contributed by atoms with Crippen LogP contribution in [-0.2, 0) is 9.59 Å². The van der Waals surface area contributed by atoms with Crippen LogP contribution in [0.25, 0.3) is 10.8 Å². The quantitative estimate of drug-likeness (QED) is 0.694. The molecule has 2 aromatic rings. The van der Waals surface area contributed by atoms with Gasteiger partial charge in [-0.15, -0.1) is 0 Å². The fraction of sp³-hybridized carbons (Fsp3) is 0.417. The fourth-order valence-corrected chi connectivity index (χ4v) is 3.84. The molecule has 0 fully saturated rings. The van der Waals surface area contributed by atoms with Crippen molar-refractivity contribution < 1.29 is 19.2 Å². The Morgan fingerprint density at radius 1 is 1.00 bits per heavy atom. The molecule has 1 aliphatic rings. The topological polar surface area (TPSA) is 86.8 Å². The molecule has 0 radical (unpaired) electrons. The van der Waals surface area contributed by atoms with Crippen LogP contribution < -0.4 is 5.32 Å². The number of nitrogens with zero attached hydrogens (tertiary/aromatic N) is 2. The first-order valence-corrected chi connectivity index (χ1v) is 10.6. The Morgan fingerprint density at radius 2 is 1.58 bits per heavy atom. The van der Waals surface area contributed by atoms with Gasteiger partial charge >= 0.3 is 0 Å². The van der Waals surface area contributed by atoms with Crippen LogP contribution in [0.4, 0.5) is 0 Å². The van der Waals surface area contributed by atoms with Gasteiger partial charge in [-0.05, 0) is 51.6 Å². The molecule has 2 aromatic carbocycles. The number of rotatable bonds is 7. The van der Waals surface area contributed by atoms with Gasteiger partial charge < -0.3 is 10.2 Å². The molecule has 0 atom stereocenters. The summed E-state index contributed by atoms with van der Waals surface area (Å²) in [7, 11) is 0. The van der Waals surface area contributed by atoms with Gasteiger partial charge in [-0.2, -0.15) is 0 Å². The molecule has 0 unspecified atom stereocenters. The molecule has 164 valence electrons. The van der Waals surface area contributed by atoms with Crippen LogP contribution in [0.5, 0.6) is 0 Å². The normalized spacial score (nSPS) is 13.5. The second-order valence-electron chi connectivity index (χ2n) is 8.78. The van der Waals surface area contributed by atoms with Gasteiger partial charge in [-0.3, -0.25) is 24.1 Å². The van der Waals surface area contributed by atoms with Crippen LogP contribution in [0.1, 0.15) is 61.3 Å². The Labute approximate surface area is 182 Å². The molecular formula is C24H29N3O4. The van der Waals surface area contributed by atoms with Crippen molar-refractivity contribution in [3.8, 4) is 0 Å². The smallest absolute Gasteiger partial charge is 0.261 e. The highest BCUT2D eigenvalue weighted by Gasteiger charge is 2.32. The van der Waals surface area contributed by atoms with Crippen molar-refractivity contribution in [3.05, 3.63) is 47.5 Å². The van der Waals surface area contributed by atoms with Gasteiger partial charge in [0.15, 0.2) is 0 Å². The average Bonchev–Trinajstić information content (AvgIpc) is 2.71. The third kappa shape index (κ3) is 4.93. The van der Waals surface area contributed by atoms with Crippen LogP contribution in [0.15, 0.2) is 36.4 Å². The second-order valence-corrected chi connectivity index (χ2v) is 8.78. The van der Waals surface area contributed by atoms with E-state index in [0.717, 1.165) is 5.39 Å². The molecule has 31 heavy (non-hydrogen) atoms. The van der Waals surface area contributed by atoms with Crippen LogP contribution in [0, 0.1) is 0 Å². The van der Waals surface area contributed by atoms with E-state index in [2.05, 4.69) is 5.32 Å². The molecule has 7 heteroatoms. The number of nitrogens with one attached hydrogen (secondary N) is 1. The first-order chi connectivity index (χ1) is 14.6. The van der Waals surface area contributed by atoms with E-state index in [9.17, 15) is 19.2 Å². The number of carbonyl (C=O) groups excluding carboxylic acids is 4. The molecule has 0 saturated heterocycles. The van der Waals surface area contributed by atoms with E-state index in [4.69, 9.17) is 0 Å². The van der Waals surface area contributed by atoms with Gasteiger partial charge in [0, 0.05) is 41.6 Å². The second kappa shape index (κ2) is 8.88. The molecule has 0 spiro atoms. The number of hydrogen-bond acceptors (Lipinski definition) is 4. The summed E-state index contributed by atoms with van der Waals surface area (Å²) in [6.45, 7) is 8.02. The first kappa shape index (κ1) is 22.5. The zero-order valence-corrected chi connectivity index (χ0v) is 18.5. The Morgan fingerprint density at radius 3 is 2.10 bits per heavy atom. The lowest BCUT2D eigenvalue weighted by atomic mass is 9.94. The molecule has 7 nitrogen and oxygen atoms in total. The minimum absolute atomic E-state index is 0.0104. The highest BCUT2D eigenvalue weighted by molar-refractivity contribution is 6.25. The molecule has 0 aromatic heterocycles. The highest BCUT2D eigenvalue weighted by atomic mass is 16.2. The molecule has 1 heterocycles. The van der Waals surface area contributed by atoms with E-state index >= 15 is 0 Å². The van der Waals surface area contributed by atoms with E-state index < -0.39 is 0 Å². The maximum Gasteiger partial charge on any atom is 0.261 e. The monoisotopic (exact) mass is 423 g/mol. The Bertz CT molecular complexity index is 988. The summed E-state index contributed by atoms with van der Waals surface area (Å²) in [4.78, 5) is 53.3. The predicted octanol–water partition coefficient (Wildman–Crippen LogP) is 2.98. The summed E-state index contributed by atoms with van der Waals surface area (Å²) in [5.74, 6) is -1.06. The van der Waals surface area contributed by atoms with E-state index in [1.54, 1.807) is 24.3 Å². The Balaban J connectivity index is 1.62. The van der Waals surface area contributed by atoms with Gasteiger partial charge in [-0.1, -0.05) is 24.3 Å². The van der Waals surface area contributed by atoms with E-state index in [1.165, 1.54) is 9.80 Å². The minimum Gasteiger partial charge on any atom is -0.350 e. The summed E-state index contributed by atoms with van der Waals surface area (Å²) in [6.07, 6.45) is 0.491. The molecule has 0 aliphatic carbocycles. The van der Waals surface area contributed by atoms with Gasteiger partial charge in [0.25, 0.3) is 11.8 Å². The molecule has 3 rings (SSSR count). The van der Waals surface area contributed by atoms with Crippen LogP contribution in [-0.4, -0.2) is 58.6 Å². The SMILES string of the molecule is CCN(CC(=O)NC(C)(C)C)C(=O)CCCN1C(=O)c2cccc3cccc(c23)C1=O. The van der Waals surface area contributed by atoms with Crippen molar-refractivity contribution in [3.63, 3.8) is 0 Å². The molecule has 1 N–H and O–H groups in total. The maximum atomic E-state index is 12.9. The number of imide groups is 1. The first-order valence-electron chi connectivity index (χ1n) is 10.6. The summed E-state index contributed by atoms with van der Waals surface area (Å²) in [5, 5.41) is 4.40. The van der Waals surface area contributed by atoms with Crippen LogP contribution in [0.2, 0.25) is 0 Å². The Hall–Kier alpha value is -3.22. The third-order valence-corrected chi connectivity index (χ3v) is 5.21. The molecule has 1 aliphatic heterocycles.